The number of carbonyl (C=O) groups excluding carboxylic acids is 2. The van der Waals surface area contributed by atoms with E-state index in [0.29, 0.717) is 17.9 Å². The number of rotatable bonds is 8. The fourth-order valence-electron chi connectivity index (χ4n) is 3.69. The predicted molar refractivity (Wildman–Crippen MR) is 119 cm³/mol. The van der Waals surface area contributed by atoms with Crippen LogP contribution in [0.4, 0.5) is 5.69 Å². The lowest BCUT2D eigenvalue weighted by atomic mass is 9.96. The van der Waals surface area contributed by atoms with E-state index in [1.54, 1.807) is 24.3 Å². The van der Waals surface area contributed by atoms with Crippen molar-refractivity contribution in [2.75, 3.05) is 25.0 Å². The van der Waals surface area contributed by atoms with Gasteiger partial charge in [0.25, 0.3) is 0 Å². The minimum atomic E-state index is -0.319. The molecule has 2 aromatic rings. The summed E-state index contributed by atoms with van der Waals surface area (Å²) in [4.78, 5) is 27.1. The molecule has 0 aromatic heterocycles. The molecule has 160 valence electrons. The summed E-state index contributed by atoms with van der Waals surface area (Å²) in [6.45, 7) is 7.24. The van der Waals surface area contributed by atoms with E-state index in [1.165, 1.54) is 11.1 Å². The van der Waals surface area contributed by atoms with Gasteiger partial charge in [-0.05, 0) is 62.6 Å². The highest BCUT2D eigenvalue weighted by Gasteiger charge is 2.26. The molecule has 2 aromatic carbocycles. The lowest BCUT2D eigenvalue weighted by molar-refractivity contribution is -0.121. The summed E-state index contributed by atoms with van der Waals surface area (Å²) in [5.41, 5.74) is 3.75. The normalized spacial score (nSPS) is 16.8. The number of hydrogen-bond donors (Lipinski definition) is 1. The fourth-order valence-corrected chi connectivity index (χ4v) is 3.69. The number of amides is 1. The summed E-state index contributed by atoms with van der Waals surface area (Å²) < 4.78 is 5.22. The van der Waals surface area contributed by atoms with Gasteiger partial charge in [0, 0.05) is 18.8 Å². The molecule has 1 aliphatic rings. The highest BCUT2D eigenvalue weighted by atomic mass is 16.5. The van der Waals surface area contributed by atoms with Crippen molar-refractivity contribution in [1.29, 1.82) is 0 Å². The second-order valence-corrected chi connectivity index (χ2v) is 8.12. The number of ether oxygens (including phenoxy) is 1. The molecule has 1 saturated heterocycles. The van der Waals surface area contributed by atoms with Crippen LogP contribution in [0.2, 0.25) is 0 Å². The molecule has 1 unspecified atom stereocenters. The van der Waals surface area contributed by atoms with Crippen LogP contribution >= 0.6 is 0 Å². The second-order valence-electron chi connectivity index (χ2n) is 8.12. The third-order valence-corrected chi connectivity index (χ3v) is 5.52. The first-order chi connectivity index (χ1) is 14.5. The monoisotopic (exact) mass is 408 g/mol. The first-order valence-electron chi connectivity index (χ1n) is 10.9. The van der Waals surface area contributed by atoms with Gasteiger partial charge < -0.3 is 10.1 Å². The topological polar surface area (TPSA) is 58.6 Å². The quantitative estimate of drug-likeness (QED) is 0.503. The number of likely N-dealkylation sites (tertiary alicyclic amines) is 1. The highest BCUT2D eigenvalue weighted by molar-refractivity contribution is 5.94. The number of anilines is 1. The summed E-state index contributed by atoms with van der Waals surface area (Å²) in [7, 11) is 0. The highest BCUT2D eigenvalue weighted by Crippen LogP contribution is 2.21. The second kappa shape index (κ2) is 10.9. The molecule has 1 heterocycles. The van der Waals surface area contributed by atoms with Gasteiger partial charge in [-0.25, -0.2) is 4.79 Å². The fraction of sp³-hybridized carbons (Fsp3) is 0.440. The van der Waals surface area contributed by atoms with Crippen LogP contribution in [0.15, 0.2) is 48.5 Å². The van der Waals surface area contributed by atoms with Crippen molar-refractivity contribution in [3.8, 4) is 0 Å². The molecular formula is C25H32N2O3. The van der Waals surface area contributed by atoms with Gasteiger partial charge in [0.15, 0.2) is 0 Å². The lowest BCUT2D eigenvalue weighted by Crippen LogP contribution is -2.40. The van der Waals surface area contributed by atoms with Crippen LogP contribution in [0, 0.1) is 12.8 Å². The Morgan fingerprint density at radius 2 is 1.83 bits per heavy atom. The molecule has 1 N–H and O–H groups in total. The number of aryl methyl sites for hydroxylation is 1. The van der Waals surface area contributed by atoms with E-state index in [4.69, 9.17) is 4.74 Å². The number of nitrogens with one attached hydrogen (secondary N) is 1. The van der Waals surface area contributed by atoms with Crippen molar-refractivity contribution in [2.24, 2.45) is 5.92 Å². The molecule has 5 nitrogen and oxygen atoms in total. The maximum Gasteiger partial charge on any atom is 0.338 e. The number of piperidine rings is 1. The maximum atomic E-state index is 12.8. The molecule has 0 radical (unpaired) electrons. The molecule has 1 aliphatic heterocycles. The van der Waals surface area contributed by atoms with Crippen LogP contribution in [0.3, 0.4) is 0 Å². The number of benzene rings is 2. The number of hydrogen-bond acceptors (Lipinski definition) is 4. The average molecular weight is 409 g/mol. The Hall–Kier alpha value is -2.66. The van der Waals surface area contributed by atoms with Crippen molar-refractivity contribution in [3.63, 3.8) is 0 Å². The standard InChI is InChI=1S/C25H32N2O3/c1-3-4-16-30-25(29)21-11-13-23(14-12-21)26-24(28)22-6-5-15-27(18-22)17-20-9-7-19(2)8-10-20/h7-14,22H,3-6,15-18H2,1-2H3,(H,26,28). The molecule has 5 heteroatoms. The summed E-state index contributed by atoms with van der Waals surface area (Å²) in [5, 5.41) is 3.00. The van der Waals surface area contributed by atoms with Gasteiger partial charge in [-0.2, -0.15) is 0 Å². The van der Waals surface area contributed by atoms with E-state index in [9.17, 15) is 9.59 Å². The van der Waals surface area contributed by atoms with Crippen LogP contribution in [0.1, 0.15) is 54.1 Å². The molecule has 0 saturated carbocycles. The third kappa shape index (κ3) is 6.42. The maximum absolute atomic E-state index is 12.8. The first-order valence-corrected chi connectivity index (χ1v) is 10.9. The zero-order valence-electron chi connectivity index (χ0n) is 18.0. The minimum Gasteiger partial charge on any atom is -0.462 e. The van der Waals surface area contributed by atoms with Crippen LogP contribution in [0.5, 0.6) is 0 Å². The minimum absolute atomic E-state index is 0.0251. The Balaban J connectivity index is 1.51. The molecule has 0 aliphatic carbocycles. The summed E-state index contributed by atoms with van der Waals surface area (Å²) in [6.07, 6.45) is 3.77. The Kier molecular flexibility index (Phi) is 8.03. The number of nitrogens with zero attached hydrogens (tertiary/aromatic N) is 1. The number of carbonyl (C=O) groups is 2. The van der Waals surface area contributed by atoms with Crippen molar-refractivity contribution < 1.29 is 14.3 Å². The van der Waals surface area contributed by atoms with Gasteiger partial charge in [0.1, 0.15) is 0 Å². The zero-order valence-corrected chi connectivity index (χ0v) is 18.0. The van der Waals surface area contributed by atoms with E-state index in [-0.39, 0.29) is 17.8 Å². The summed E-state index contributed by atoms with van der Waals surface area (Å²) in [5.74, 6) is -0.301. The molecule has 0 spiro atoms. The third-order valence-electron chi connectivity index (χ3n) is 5.52. The Morgan fingerprint density at radius 3 is 2.53 bits per heavy atom. The molecule has 1 amide bonds. The van der Waals surface area contributed by atoms with Crippen LogP contribution in [-0.4, -0.2) is 36.5 Å². The largest absolute Gasteiger partial charge is 0.462 e. The van der Waals surface area contributed by atoms with Gasteiger partial charge in [-0.3, -0.25) is 9.69 Å². The Morgan fingerprint density at radius 1 is 1.10 bits per heavy atom. The van der Waals surface area contributed by atoms with Crippen LogP contribution in [0.25, 0.3) is 0 Å². The molecular weight excluding hydrogens is 376 g/mol. The smallest absolute Gasteiger partial charge is 0.338 e. The van der Waals surface area contributed by atoms with Crippen molar-refractivity contribution >= 4 is 17.6 Å². The SMILES string of the molecule is CCCCOC(=O)c1ccc(NC(=O)C2CCCN(Cc3ccc(C)cc3)C2)cc1. The first kappa shape index (κ1) is 22.0. The van der Waals surface area contributed by atoms with E-state index < -0.39 is 0 Å². The average Bonchev–Trinajstić information content (AvgIpc) is 2.76. The Bertz CT molecular complexity index is 830. The Labute approximate surface area is 179 Å². The summed E-state index contributed by atoms with van der Waals surface area (Å²) >= 11 is 0. The van der Waals surface area contributed by atoms with Crippen molar-refractivity contribution in [2.45, 2.75) is 46.1 Å². The molecule has 1 fully saturated rings. The van der Waals surface area contributed by atoms with E-state index in [1.807, 2.05) is 0 Å². The van der Waals surface area contributed by atoms with E-state index >= 15 is 0 Å². The van der Waals surface area contributed by atoms with Crippen molar-refractivity contribution in [3.05, 3.63) is 65.2 Å². The van der Waals surface area contributed by atoms with Gasteiger partial charge in [-0.1, -0.05) is 43.2 Å². The van der Waals surface area contributed by atoms with Gasteiger partial charge >= 0.3 is 5.97 Å². The molecule has 1 atom stereocenters. The lowest BCUT2D eigenvalue weighted by Gasteiger charge is -2.32. The molecule has 30 heavy (non-hydrogen) atoms. The molecule has 3 rings (SSSR count). The predicted octanol–water partition coefficient (Wildman–Crippen LogP) is 4.80. The van der Waals surface area contributed by atoms with Gasteiger partial charge in [0.05, 0.1) is 18.1 Å². The van der Waals surface area contributed by atoms with Crippen LogP contribution in [-0.2, 0) is 16.1 Å². The van der Waals surface area contributed by atoms with Crippen LogP contribution < -0.4 is 5.32 Å². The number of esters is 1. The van der Waals surface area contributed by atoms with Crippen molar-refractivity contribution in [1.82, 2.24) is 4.90 Å². The van der Waals surface area contributed by atoms with Gasteiger partial charge in [0.2, 0.25) is 5.91 Å². The zero-order chi connectivity index (χ0) is 21.3. The number of unbranched alkanes of at least 4 members (excludes halogenated alkanes) is 1. The van der Waals surface area contributed by atoms with Gasteiger partial charge in [-0.15, -0.1) is 0 Å². The molecule has 0 bridgehead atoms. The van der Waals surface area contributed by atoms with E-state index in [0.717, 1.165) is 45.3 Å². The summed E-state index contributed by atoms with van der Waals surface area (Å²) in [6, 6.07) is 15.5. The van der Waals surface area contributed by atoms with E-state index in [2.05, 4.69) is 48.3 Å².